The Labute approximate surface area is 150 Å². The molecule has 3 rings (SSSR count). The average molecular weight is 350 g/mol. The molecule has 0 aliphatic heterocycles. The topological polar surface area (TPSA) is 73.5 Å². The molecule has 1 aromatic heterocycles. The van der Waals surface area contributed by atoms with E-state index in [4.69, 9.17) is 4.74 Å². The third kappa shape index (κ3) is 3.64. The van der Waals surface area contributed by atoms with Gasteiger partial charge in [-0.15, -0.1) is 0 Å². The van der Waals surface area contributed by atoms with Crippen LogP contribution in [0.2, 0.25) is 0 Å². The van der Waals surface area contributed by atoms with Crippen molar-refractivity contribution in [3.8, 4) is 0 Å². The van der Waals surface area contributed by atoms with Crippen LogP contribution in [0, 0.1) is 5.21 Å². The third-order valence-electron chi connectivity index (χ3n) is 4.04. The first-order valence-electron chi connectivity index (χ1n) is 8.24. The molecule has 6 nitrogen and oxygen atoms in total. The minimum Gasteiger partial charge on any atom is -0.619 e. The number of fused-ring (bicyclic) bond motifs is 1. The Balaban J connectivity index is 1.74. The summed E-state index contributed by atoms with van der Waals surface area (Å²) in [6.45, 7) is 1.94. The fourth-order valence-corrected chi connectivity index (χ4v) is 2.76. The third-order valence-corrected chi connectivity index (χ3v) is 4.04. The van der Waals surface area contributed by atoms with Gasteiger partial charge in [-0.1, -0.05) is 36.4 Å². The number of aromatic nitrogens is 1. The smallest absolute Gasteiger partial charge is 0.339 e. The Morgan fingerprint density at radius 3 is 2.46 bits per heavy atom. The van der Waals surface area contributed by atoms with Crippen LogP contribution in [0.25, 0.3) is 10.8 Å². The lowest BCUT2D eigenvalue weighted by Gasteiger charge is -2.22. The highest BCUT2D eigenvalue weighted by atomic mass is 16.5. The highest BCUT2D eigenvalue weighted by molar-refractivity contribution is 6.04. The highest BCUT2D eigenvalue weighted by Crippen LogP contribution is 2.26. The molecular weight excluding hydrogens is 332 g/mol. The van der Waals surface area contributed by atoms with E-state index < -0.39 is 5.97 Å². The van der Waals surface area contributed by atoms with Gasteiger partial charge < -0.3 is 14.8 Å². The molecule has 0 fully saturated rings. The molecule has 0 unspecified atom stereocenters. The van der Waals surface area contributed by atoms with Crippen LogP contribution >= 0.6 is 0 Å². The summed E-state index contributed by atoms with van der Waals surface area (Å²) >= 11 is 0. The maximum absolute atomic E-state index is 12.6. The Hall–Kier alpha value is -3.41. The minimum absolute atomic E-state index is 0.220. The van der Waals surface area contributed by atoms with Gasteiger partial charge in [0.05, 0.1) is 11.3 Å². The van der Waals surface area contributed by atoms with E-state index in [1.165, 1.54) is 24.5 Å². The maximum atomic E-state index is 12.6. The lowest BCUT2D eigenvalue weighted by Crippen LogP contribution is -2.34. The molecule has 26 heavy (non-hydrogen) atoms. The van der Waals surface area contributed by atoms with Crippen molar-refractivity contribution in [2.75, 3.05) is 18.1 Å². The van der Waals surface area contributed by atoms with Gasteiger partial charge in [-0.25, -0.2) is 4.79 Å². The average Bonchev–Trinajstić information content (AvgIpc) is 2.67. The van der Waals surface area contributed by atoms with Crippen LogP contribution in [-0.4, -0.2) is 25.0 Å². The molecule has 0 aliphatic carbocycles. The lowest BCUT2D eigenvalue weighted by atomic mass is 10.1. The molecule has 6 heteroatoms. The zero-order valence-corrected chi connectivity index (χ0v) is 14.3. The van der Waals surface area contributed by atoms with Crippen molar-refractivity contribution in [1.82, 2.24) is 0 Å². The summed E-state index contributed by atoms with van der Waals surface area (Å²) in [5, 5.41) is 13.0. The van der Waals surface area contributed by atoms with Crippen molar-refractivity contribution in [1.29, 1.82) is 0 Å². The summed E-state index contributed by atoms with van der Waals surface area (Å²) in [4.78, 5) is 26.2. The molecule has 0 saturated heterocycles. The van der Waals surface area contributed by atoms with Gasteiger partial charge in [-0.3, -0.25) is 4.79 Å². The molecule has 0 atom stereocenters. The van der Waals surface area contributed by atoms with Crippen molar-refractivity contribution >= 4 is 28.3 Å². The highest BCUT2D eigenvalue weighted by Gasteiger charge is 2.18. The summed E-state index contributed by atoms with van der Waals surface area (Å²) in [6, 6.07) is 16.2. The number of hydrogen-bond donors (Lipinski definition) is 0. The molecule has 0 radical (unpaired) electrons. The number of rotatable bonds is 5. The zero-order chi connectivity index (χ0) is 18.5. The van der Waals surface area contributed by atoms with Gasteiger partial charge in [-0.05, 0) is 18.4 Å². The second-order valence-electron chi connectivity index (χ2n) is 5.66. The van der Waals surface area contributed by atoms with Crippen LogP contribution < -0.4 is 9.63 Å². The van der Waals surface area contributed by atoms with Crippen LogP contribution in [0.1, 0.15) is 17.3 Å². The number of anilines is 1. The number of likely N-dealkylation sites (N-methyl/N-ethyl adjacent to an activating group) is 1. The SMILES string of the molecule is CCN(C(=O)COC(=O)c1cc[n+]([O-])cc1)c1cccc2ccccc12. The first kappa shape index (κ1) is 17.4. The first-order chi connectivity index (χ1) is 12.6. The van der Waals surface area contributed by atoms with Crippen molar-refractivity contribution < 1.29 is 19.1 Å². The molecule has 0 bridgehead atoms. The molecule has 2 aromatic carbocycles. The standard InChI is InChI=1S/C20H18N2O4/c1-2-22(18-9-5-7-15-6-3-4-8-17(15)18)19(23)14-26-20(24)16-10-12-21(25)13-11-16/h3-13H,2,14H2,1H3. The predicted octanol–water partition coefficient (Wildman–Crippen LogP) is 2.68. The quantitative estimate of drug-likeness (QED) is 0.403. The number of amides is 1. The van der Waals surface area contributed by atoms with Crippen LogP contribution in [0.5, 0.6) is 0 Å². The van der Waals surface area contributed by atoms with Crippen molar-refractivity contribution in [2.45, 2.75) is 6.92 Å². The lowest BCUT2D eigenvalue weighted by molar-refractivity contribution is -0.605. The number of benzene rings is 2. The number of carbonyl (C=O) groups excluding carboxylic acids is 2. The predicted molar refractivity (Wildman–Crippen MR) is 97.7 cm³/mol. The largest absolute Gasteiger partial charge is 0.619 e. The van der Waals surface area contributed by atoms with Crippen molar-refractivity contribution in [2.24, 2.45) is 0 Å². The summed E-state index contributed by atoms with van der Waals surface area (Å²) in [5.74, 6) is -0.958. The van der Waals surface area contributed by atoms with Gasteiger partial charge in [0.2, 0.25) is 0 Å². The Morgan fingerprint density at radius 1 is 1.04 bits per heavy atom. The van der Waals surface area contributed by atoms with E-state index in [-0.39, 0.29) is 18.1 Å². The van der Waals surface area contributed by atoms with E-state index in [1.807, 2.05) is 49.4 Å². The molecule has 0 saturated carbocycles. The number of ether oxygens (including phenoxy) is 1. The van der Waals surface area contributed by atoms with Crippen LogP contribution in [0.15, 0.2) is 67.0 Å². The van der Waals surface area contributed by atoms with E-state index in [0.29, 0.717) is 11.3 Å². The van der Waals surface area contributed by atoms with Gasteiger partial charge in [0.15, 0.2) is 19.0 Å². The van der Waals surface area contributed by atoms with Crippen LogP contribution in [0.3, 0.4) is 0 Å². The zero-order valence-electron chi connectivity index (χ0n) is 14.3. The first-order valence-corrected chi connectivity index (χ1v) is 8.24. The van der Waals surface area contributed by atoms with Gasteiger partial charge in [0.25, 0.3) is 5.91 Å². The molecule has 0 spiro atoms. The summed E-state index contributed by atoms with van der Waals surface area (Å²) in [5.41, 5.74) is 0.997. The monoisotopic (exact) mass is 350 g/mol. The maximum Gasteiger partial charge on any atom is 0.339 e. The Kier molecular flexibility index (Phi) is 5.12. The molecular formula is C20H18N2O4. The van der Waals surface area contributed by atoms with E-state index in [9.17, 15) is 14.8 Å². The van der Waals surface area contributed by atoms with E-state index in [1.54, 1.807) is 4.90 Å². The minimum atomic E-state index is -0.645. The Morgan fingerprint density at radius 2 is 1.73 bits per heavy atom. The molecule has 1 amide bonds. The second-order valence-corrected chi connectivity index (χ2v) is 5.66. The van der Waals surface area contributed by atoms with Crippen LogP contribution in [0.4, 0.5) is 5.69 Å². The summed E-state index contributed by atoms with van der Waals surface area (Å²) < 4.78 is 5.68. The van der Waals surface area contributed by atoms with Gasteiger partial charge in [-0.2, -0.15) is 4.73 Å². The van der Waals surface area contributed by atoms with E-state index in [0.717, 1.165) is 16.5 Å². The number of esters is 1. The number of pyridine rings is 1. The van der Waals surface area contributed by atoms with Crippen molar-refractivity contribution in [3.05, 3.63) is 77.8 Å². The molecule has 0 N–H and O–H groups in total. The molecule has 1 heterocycles. The van der Waals surface area contributed by atoms with E-state index in [2.05, 4.69) is 0 Å². The van der Waals surface area contributed by atoms with E-state index >= 15 is 0 Å². The Bertz CT molecular complexity index is 933. The number of nitrogens with zero attached hydrogens (tertiary/aromatic N) is 2. The van der Waals surface area contributed by atoms with Gasteiger partial charge in [0.1, 0.15) is 0 Å². The fourth-order valence-electron chi connectivity index (χ4n) is 2.76. The molecule has 132 valence electrons. The van der Waals surface area contributed by atoms with Crippen LogP contribution in [-0.2, 0) is 9.53 Å². The number of hydrogen-bond acceptors (Lipinski definition) is 4. The molecule has 0 aliphatic rings. The van der Waals surface area contributed by atoms with Crippen molar-refractivity contribution in [3.63, 3.8) is 0 Å². The van der Waals surface area contributed by atoms with Gasteiger partial charge >= 0.3 is 5.97 Å². The normalized spacial score (nSPS) is 10.5. The summed E-state index contributed by atoms with van der Waals surface area (Å²) in [6.07, 6.45) is 2.40. The molecule has 3 aromatic rings. The second kappa shape index (κ2) is 7.65. The number of carbonyl (C=O) groups is 2. The van der Waals surface area contributed by atoms with Gasteiger partial charge in [0, 0.05) is 24.1 Å². The summed E-state index contributed by atoms with van der Waals surface area (Å²) in [7, 11) is 0. The fraction of sp³-hybridized carbons (Fsp3) is 0.150.